The summed E-state index contributed by atoms with van der Waals surface area (Å²) in [5.74, 6) is -0.00489. The molecule has 2 aromatic rings. The van der Waals surface area contributed by atoms with Crippen molar-refractivity contribution in [1.29, 1.82) is 0 Å². The van der Waals surface area contributed by atoms with Gasteiger partial charge >= 0.3 is 0 Å². The highest BCUT2D eigenvalue weighted by Crippen LogP contribution is 2.18. The molecule has 1 atom stereocenters. The molecule has 0 aromatic heterocycles. The molecule has 1 unspecified atom stereocenters. The van der Waals surface area contributed by atoms with Gasteiger partial charge in [-0.25, -0.2) is 4.39 Å². The van der Waals surface area contributed by atoms with E-state index in [4.69, 9.17) is 10.5 Å². The number of aliphatic hydroxyl groups is 1. The lowest BCUT2D eigenvalue weighted by molar-refractivity contribution is -0.125. The normalized spacial score (nSPS) is 13.2. The van der Waals surface area contributed by atoms with E-state index in [9.17, 15) is 14.3 Å². The molecule has 4 N–H and O–H groups in total. The van der Waals surface area contributed by atoms with Gasteiger partial charge in [0.05, 0.1) is 6.42 Å². The third-order valence-corrected chi connectivity index (χ3v) is 3.47. The molecule has 0 fully saturated rings. The fourth-order valence-electron chi connectivity index (χ4n) is 2.28. The van der Waals surface area contributed by atoms with Gasteiger partial charge in [0, 0.05) is 13.5 Å². The summed E-state index contributed by atoms with van der Waals surface area (Å²) in [5, 5.41) is 12.5. The van der Waals surface area contributed by atoms with Crippen LogP contribution in [-0.2, 0) is 17.8 Å². The lowest BCUT2D eigenvalue weighted by Gasteiger charge is -2.22. The number of hydrogen-bond donors (Lipinski definition) is 3. The van der Waals surface area contributed by atoms with E-state index >= 15 is 0 Å². The molecule has 0 aliphatic rings. The Bertz CT molecular complexity index is 687. The first-order valence-corrected chi connectivity index (χ1v) is 7.56. The highest BCUT2D eigenvalue weighted by Gasteiger charge is 2.24. The molecule has 0 aliphatic heterocycles. The van der Waals surface area contributed by atoms with Crippen molar-refractivity contribution < 1.29 is 19.0 Å². The predicted molar refractivity (Wildman–Crippen MR) is 88.7 cm³/mol. The molecular formula is C18H21FN2O3. The maximum Gasteiger partial charge on any atom is 0.224 e. The number of benzene rings is 2. The zero-order chi connectivity index (χ0) is 17.6. The SMILES string of the molecule is CNC(=O)CC(N)(O)Cc1ccc(OCc2cccc(F)c2)cc1. The van der Waals surface area contributed by atoms with E-state index in [1.54, 1.807) is 36.4 Å². The highest BCUT2D eigenvalue weighted by atomic mass is 19.1. The number of nitrogens with one attached hydrogen (secondary N) is 1. The topological polar surface area (TPSA) is 84.6 Å². The molecule has 6 heteroatoms. The average molecular weight is 332 g/mol. The van der Waals surface area contributed by atoms with Gasteiger partial charge in [-0.3, -0.25) is 4.79 Å². The Morgan fingerprint density at radius 3 is 2.58 bits per heavy atom. The van der Waals surface area contributed by atoms with Crippen LogP contribution in [-0.4, -0.2) is 23.8 Å². The van der Waals surface area contributed by atoms with Crippen LogP contribution < -0.4 is 15.8 Å². The van der Waals surface area contributed by atoms with Crippen LogP contribution in [0.2, 0.25) is 0 Å². The molecule has 0 saturated heterocycles. The number of amides is 1. The van der Waals surface area contributed by atoms with Gasteiger partial charge in [0.2, 0.25) is 5.91 Å². The van der Waals surface area contributed by atoms with E-state index in [0.717, 1.165) is 11.1 Å². The monoisotopic (exact) mass is 332 g/mol. The molecule has 0 aliphatic carbocycles. The third kappa shape index (κ3) is 5.64. The first-order chi connectivity index (χ1) is 11.4. The van der Waals surface area contributed by atoms with Crippen LogP contribution >= 0.6 is 0 Å². The van der Waals surface area contributed by atoms with Crippen molar-refractivity contribution in [3.8, 4) is 5.75 Å². The van der Waals surface area contributed by atoms with E-state index in [2.05, 4.69) is 5.32 Å². The molecule has 0 bridgehead atoms. The van der Waals surface area contributed by atoms with Gasteiger partial charge < -0.3 is 20.9 Å². The molecule has 5 nitrogen and oxygen atoms in total. The maximum absolute atomic E-state index is 13.1. The first-order valence-electron chi connectivity index (χ1n) is 7.56. The second-order valence-electron chi connectivity index (χ2n) is 5.69. The van der Waals surface area contributed by atoms with Crippen molar-refractivity contribution in [3.05, 3.63) is 65.5 Å². The highest BCUT2D eigenvalue weighted by molar-refractivity contribution is 5.76. The van der Waals surface area contributed by atoms with E-state index in [0.29, 0.717) is 5.75 Å². The van der Waals surface area contributed by atoms with Crippen molar-refractivity contribution in [3.63, 3.8) is 0 Å². The average Bonchev–Trinajstić information content (AvgIpc) is 2.53. The number of halogens is 1. The minimum Gasteiger partial charge on any atom is -0.489 e. The molecule has 0 saturated carbocycles. The first kappa shape index (κ1) is 17.9. The standard InChI is InChI=1S/C18H21FN2O3/c1-21-17(22)11-18(20,23)10-13-5-7-16(8-6-13)24-12-14-3-2-4-15(19)9-14/h2-9,23H,10-12,20H2,1H3,(H,21,22). The van der Waals surface area contributed by atoms with Crippen molar-refractivity contribution in [2.45, 2.75) is 25.2 Å². The molecular weight excluding hydrogens is 311 g/mol. The summed E-state index contributed by atoms with van der Waals surface area (Å²) < 4.78 is 18.7. The third-order valence-electron chi connectivity index (χ3n) is 3.47. The van der Waals surface area contributed by atoms with Crippen LogP contribution in [0.25, 0.3) is 0 Å². The Morgan fingerprint density at radius 2 is 1.96 bits per heavy atom. The summed E-state index contributed by atoms with van der Waals surface area (Å²) in [6.07, 6.45) is -0.0358. The predicted octanol–water partition coefficient (Wildman–Crippen LogP) is 1.73. The number of carbonyl (C=O) groups excluding carboxylic acids is 1. The van der Waals surface area contributed by atoms with Gasteiger partial charge in [-0.1, -0.05) is 24.3 Å². The molecule has 2 rings (SSSR count). The fourth-order valence-corrected chi connectivity index (χ4v) is 2.28. The van der Waals surface area contributed by atoms with Gasteiger partial charge in [0.1, 0.15) is 23.9 Å². The zero-order valence-electron chi connectivity index (χ0n) is 13.5. The second-order valence-corrected chi connectivity index (χ2v) is 5.69. The van der Waals surface area contributed by atoms with Gasteiger partial charge in [-0.05, 0) is 35.4 Å². The Balaban J connectivity index is 1.91. The summed E-state index contributed by atoms with van der Waals surface area (Å²) in [7, 11) is 1.49. The summed E-state index contributed by atoms with van der Waals surface area (Å²) in [4.78, 5) is 11.3. The Morgan fingerprint density at radius 1 is 1.25 bits per heavy atom. The minimum atomic E-state index is -1.61. The molecule has 0 heterocycles. The lowest BCUT2D eigenvalue weighted by Crippen LogP contribution is -2.45. The van der Waals surface area contributed by atoms with Gasteiger partial charge in [0.15, 0.2) is 0 Å². The van der Waals surface area contributed by atoms with Crippen LogP contribution in [0.1, 0.15) is 17.5 Å². The Labute approximate surface area is 140 Å². The second kappa shape index (κ2) is 7.90. The number of rotatable bonds is 7. The van der Waals surface area contributed by atoms with Gasteiger partial charge in [0.25, 0.3) is 0 Å². The summed E-state index contributed by atoms with van der Waals surface area (Å²) in [6, 6.07) is 13.2. The molecule has 0 radical (unpaired) electrons. The molecule has 1 amide bonds. The quantitative estimate of drug-likeness (QED) is 0.674. The summed E-state index contributed by atoms with van der Waals surface area (Å²) in [6.45, 7) is 0.259. The van der Waals surface area contributed by atoms with Crippen LogP contribution in [0.5, 0.6) is 5.75 Å². The summed E-state index contributed by atoms with van der Waals surface area (Å²) >= 11 is 0. The molecule has 24 heavy (non-hydrogen) atoms. The number of hydrogen-bond acceptors (Lipinski definition) is 4. The van der Waals surface area contributed by atoms with E-state index in [-0.39, 0.29) is 31.2 Å². The maximum atomic E-state index is 13.1. The van der Waals surface area contributed by atoms with Crippen LogP contribution in [0.15, 0.2) is 48.5 Å². The van der Waals surface area contributed by atoms with E-state index in [1.807, 2.05) is 0 Å². The number of nitrogens with two attached hydrogens (primary N) is 1. The van der Waals surface area contributed by atoms with Gasteiger partial charge in [-0.2, -0.15) is 0 Å². The van der Waals surface area contributed by atoms with Crippen LogP contribution in [0.3, 0.4) is 0 Å². The van der Waals surface area contributed by atoms with Crippen molar-refractivity contribution >= 4 is 5.91 Å². The number of ether oxygens (including phenoxy) is 1. The van der Waals surface area contributed by atoms with Crippen LogP contribution in [0, 0.1) is 5.82 Å². The fraction of sp³-hybridized carbons (Fsp3) is 0.278. The summed E-state index contributed by atoms with van der Waals surface area (Å²) in [5.41, 5.74) is 5.65. The van der Waals surface area contributed by atoms with E-state index < -0.39 is 5.72 Å². The van der Waals surface area contributed by atoms with Crippen molar-refractivity contribution in [2.75, 3.05) is 7.05 Å². The van der Waals surface area contributed by atoms with Crippen molar-refractivity contribution in [1.82, 2.24) is 5.32 Å². The zero-order valence-corrected chi connectivity index (χ0v) is 13.5. The van der Waals surface area contributed by atoms with Crippen LogP contribution in [0.4, 0.5) is 4.39 Å². The minimum absolute atomic E-state index is 0.143. The smallest absolute Gasteiger partial charge is 0.224 e. The molecule has 2 aromatic carbocycles. The van der Waals surface area contributed by atoms with Gasteiger partial charge in [-0.15, -0.1) is 0 Å². The lowest BCUT2D eigenvalue weighted by atomic mass is 10.00. The Kier molecular flexibility index (Phi) is 5.89. The number of carbonyl (C=O) groups is 1. The van der Waals surface area contributed by atoms with Crippen molar-refractivity contribution in [2.24, 2.45) is 5.73 Å². The van der Waals surface area contributed by atoms with E-state index in [1.165, 1.54) is 19.2 Å². The molecule has 0 spiro atoms. The largest absolute Gasteiger partial charge is 0.489 e. The Hall–Kier alpha value is -2.44. The molecule has 128 valence electrons.